The van der Waals surface area contributed by atoms with E-state index in [4.69, 9.17) is 0 Å². The van der Waals surface area contributed by atoms with Gasteiger partial charge in [0.05, 0.1) is 0 Å². The van der Waals surface area contributed by atoms with Gasteiger partial charge in [-0.2, -0.15) is 0 Å². The number of amides is 1. The molecule has 1 heterocycles. The molecular formula is C11H15N3O3. The van der Waals surface area contributed by atoms with Crippen molar-refractivity contribution >= 4 is 5.91 Å². The molecule has 0 unspecified atom stereocenters. The molecule has 0 aliphatic heterocycles. The summed E-state index contributed by atoms with van der Waals surface area (Å²) in [5, 5.41) is 2.67. The fraction of sp³-hybridized carbons (Fsp3) is 0.364. The lowest BCUT2D eigenvalue weighted by Crippen LogP contribution is -2.35. The van der Waals surface area contributed by atoms with Crippen molar-refractivity contribution < 1.29 is 4.79 Å². The first-order valence-electron chi connectivity index (χ1n) is 5.31. The fourth-order valence-electron chi connectivity index (χ4n) is 1.24. The number of rotatable bonds is 5. The molecule has 1 rings (SSSR count). The van der Waals surface area contributed by atoms with Crippen molar-refractivity contribution in [1.82, 2.24) is 14.9 Å². The Balaban J connectivity index is 2.51. The minimum Gasteiger partial charge on any atom is -0.354 e. The molecule has 0 aromatic carbocycles. The van der Waals surface area contributed by atoms with E-state index in [1.165, 1.54) is 12.3 Å². The molecular weight excluding hydrogens is 222 g/mol. The Morgan fingerprint density at radius 2 is 2.29 bits per heavy atom. The Bertz CT molecular complexity index is 513. The van der Waals surface area contributed by atoms with E-state index in [-0.39, 0.29) is 12.5 Å². The summed E-state index contributed by atoms with van der Waals surface area (Å²) in [4.78, 5) is 35.6. The SMILES string of the molecule is C/C=C/CCNC(=O)Cn1ccc(=O)[nH]c1=O. The standard InChI is InChI=1S/C11H15N3O3/c1-2-3-4-6-12-10(16)8-14-7-5-9(15)13-11(14)17/h2-3,5,7H,4,6,8H2,1H3,(H,12,16)(H,13,15,17)/b3-2+. The van der Waals surface area contributed by atoms with Crippen molar-refractivity contribution in [3.63, 3.8) is 0 Å². The molecule has 6 nitrogen and oxygen atoms in total. The summed E-state index contributed by atoms with van der Waals surface area (Å²) in [5.74, 6) is -0.261. The summed E-state index contributed by atoms with van der Waals surface area (Å²) in [7, 11) is 0. The zero-order chi connectivity index (χ0) is 12.7. The third-order valence-corrected chi connectivity index (χ3v) is 2.08. The van der Waals surface area contributed by atoms with Gasteiger partial charge in [-0.25, -0.2) is 4.79 Å². The highest BCUT2D eigenvalue weighted by molar-refractivity contribution is 5.75. The second kappa shape index (κ2) is 6.47. The maximum absolute atomic E-state index is 11.4. The van der Waals surface area contributed by atoms with E-state index in [1.54, 1.807) is 0 Å². The highest BCUT2D eigenvalue weighted by Crippen LogP contribution is 1.82. The molecule has 0 fully saturated rings. The lowest BCUT2D eigenvalue weighted by Gasteiger charge is -2.05. The quantitative estimate of drug-likeness (QED) is 0.541. The summed E-state index contributed by atoms with van der Waals surface area (Å²) in [5.41, 5.74) is -1.05. The first-order chi connectivity index (χ1) is 8.13. The minimum absolute atomic E-state index is 0.0918. The highest BCUT2D eigenvalue weighted by atomic mass is 16.2. The van der Waals surface area contributed by atoms with Gasteiger partial charge >= 0.3 is 5.69 Å². The number of allylic oxidation sites excluding steroid dienone is 1. The van der Waals surface area contributed by atoms with Gasteiger partial charge in [0.15, 0.2) is 0 Å². The third kappa shape index (κ3) is 4.50. The van der Waals surface area contributed by atoms with Crippen LogP contribution in [0.25, 0.3) is 0 Å². The molecule has 2 N–H and O–H groups in total. The van der Waals surface area contributed by atoms with Crippen molar-refractivity contribution in [3.8, 4) is 0 Å². The smallest absolute Gasteiger partial charge is 0.328 e. The van der Waals surface area contributed by atoms with Gasteiger partial charge in [-0.3, -0.25) is 19.1 Å². The van der Waals surface area contributed by atoms with E-state index < -0.39 is 11.2 Å². The van der Waals surface area contributed by atoms with E-state index in [9.17, 15) is 14.4 Å². The number of aromatic nitrogens is 2. The number of H-pyrrole nitrogens is 1. The molecule has 0 saturated heterocycles. The first-order valence-corrected chi connectivity index (χ1v) is 5.31. The second-order valence-electron chi connectivity index (χ2n) is 3.45. The molecule has 1 amide bonds. The normalized spacial score (nSPS) is 10.6. The maximum atomic E-state index is 11.4. The van der Waals surface area contributed by atoms with Gasteiger partial charge in [-0.1, -0.05) is 12.2 Å². The predicted octanol–water partition coefficient (Wildman–Crippen LogP) is -0.381. The zero-order valence-corrected chi connectivity index (χ0v) is 9.60. The van der Waals surface area contributed by atoms with Crippen molar-refractivity contribution in [2.24, 2.45) is 0 Å². The van der Waals surface area contributed by atoms with E-state index in [2.05, 4.69) is 10.3 Å². The van der Waals surface area contributed by atoms with Crippen molar-refractivity contribution in [3.05, 3.63) is 45.3 Å². The number of nitrogens with zero attached hydrogens (tertiary/aromatic N) is 1. The van der Waals surface area contributed by atoms with E-state index in [1.807, 2.05) is 19.1 Å². The van der Waals surface area contributed by atoms with Crippen LogP contribution in [0.5, 0.6) is 0 Å². The molecule has 17 heavy (non-hydrogen) atoms. The van der Waals surface area contributed by atoms with Crippen LogP contribution in [0.4, 0.5) is 0 Å². The molecule has 0 atom stereocenters. The highest BCUT2D eigenvalue weighted by Gasteiger charge is 2.03. The molecule has 1 aromatic heterocycles. The number of nitrogens with one attached hydrogen (secondary N) is 2. The molecule has 6 heteroatoms. The predicted molar refractivity (Wildman–Crippen MR) is 63.8 cm³/mol. The largest absolute Gasteiger partial charge is 0.354 e. The minimum atomic E-state index is -0.582. The van der Waals surface area contributed by atoms with Gasteiger partial charge in [-0.15, -0.1) is 0 Å². The second-order valence-corrected chi connectivity index (χ2v) is 3.45. The van der Waals surface area contributed by atoms with Crippen LogP contribution >= 0.6 is 0 Å². The Labute approximate surface area is 98.0 Å². The summed E-state index contributed by atoms with van der Waals surface area (Å²) >= 11 is 0. The van der Waals surface area contributed by atoms with E-state index >= 15 is 0 Å². The van der Waals surface area contributed by atoms with Crippen LogP contribution in [0.15, 0.2) is 34.0 Å². The van der Waals surface area contributed by atoms with Crippen LogP contribution < -0.4 is 16.6 Å². The van der Waals surface area contributed by atoms with Crippen LogP contribution in [0, 0.1) is 0 Å². The first kappa shape index (κ1) is 13.0. The van der Waals surface area contributed by atoms with Crippen molar-refractivity contribution in [2.45, 2.75) is 19.9 Å². The topological polar surface area (TPSA) is 84.0 Å². The summed E-state index contributed by atoms with van der Waals surface area (Å²) < 4.78 is 1.15. The maximum Gasteiger partial charge on any atom is 0.328 e. The molecule has 92 valence electrons. The van der Waals surface area contributed by atoms with Crippen LogP contribution in [0.2, 0.25) is 0 Å². The fourth-order valence-corrected chi connectivity index (χ4v) is 1.24. The van der Waals surface area contributed by atoms with E-state index in [0.29, 0.717) is 6.54 Å². The lowest BCUT2D eigenvalue weighted by atomic mass is 10.4. The van der Waals surface area contributed by atoms with Gasteiger partial charge in [0.2, 0.25) is 5.91 Å². The van der Waals surface area contributed by atoms with Crippen LogP contribution in [-0.4, -0.2) is 22.0 Å². The summed E-state index contributed by atoms with van der Waals surface area (Å²) in [6.07, 6.45) is 5.89. The molecule has 0 saturated carbocycles. The molecule has 1 aromatic rings. The van der Waals surface area contributed by atoms with Crippen molar-refractivity contribution in [2.75, 3.05) is 6.54 Å². The Kier molecular flexibility index (Phi) is 4.93. The molecule has 0 radical (unpaired) electrons. The molecule has 0 aliphatic carbocycles. The zero-order valence-electron chi connectivity index (χ0n) is 9.60. The number of hydrogen-bond donors (Lipinski definition) is 2. The van der Waals surface area contributed by atoms with Crippen LogP contribution in [0.1, 0.15) is 13.3 Å². The van der Waals surface area contributed by atoms with Gasteiger partial charge < -0.3 is 5.32 Å². The average molecular weight is 237 g/mol. The van der Waals surface area contributed by atoms with Gasteiger partial charge in [0, 0.05) is 18.8 Å². The Morgan fingerprint density at radius 3 is 2.94 bits per heavy atom. The van der Waals surface area contributed by atoms with E-state index in [0.717, 1.165) is 11.0 Å². The number of carbonyl (C=O) groups is 1. The van der Waals surface area contributed by atoms with Crippen LogP contribution in [0.3, 0.4) is 0 Å². The van der Waals surface area contributed by atoms with Gasteiger partial charge in [-0.05, 0) is 13.3 Å². The van der Waals surface area contributed by atoms with Gasteiger partial charge in [0.25, 0.3) is 5.56 Å². The van der Waals surface area contributed by atoms with Gasteiger partial charge in [0.1, 0.15) is 6.54 Å². The number of aromatic amines is 1. The van der Waals surface area contributed by atoms with Crippen molar-refractivity contribution in [1.29, 1.82) is 0 Å². The summed E-state index contributed by atoms with van der Waals surface area (Å²) in [6.45, 7) is 2.34. The molecule has 0 aliphatic rings. The number of carbonyl (C=O) groups excluding carboxylic acids is 1. The van der Waals surface area contributed by atoms with Crippen LogP contribution in [-0.2, 0) is 11.3 Å². The third-order valence-electron chi connectivity index (χ3n) is 2.08. The molecule has 0 bridgehead atoms. The monoisotopic (exact) mass is 237 g/mol. The Morgan fingerprint density at radius 1 is 1.53 bits per heavy atom. The number of hydrogen-bond acceptors (Lipinski definition) is 3. The average Bonchev–Trinajstić information content (AvgIpc) is 2.28. The summed E-state index contributed by atoms with van der Waals surface area (Å²) in [6, 6.07) is 1.20. The Hall–Kier alpha value is -2.11. The lowest BCUT2D eigenvalue weighted by molar-refractivity contribution is -0.121. The molecule has 0 spiro atoms.